The van der Waals surface area contributed by atoms with Crippen molar-refractivity contribution < 1.29 is 9.59 Å². The van der Waals surface area contributed by atoms with E-state index in [2.05, 4.69) is 23.3 Å². The maximum atomic E-state index is 12.0. The van der Waals surface area contributed by atoms with E-state index in [-0.39, 0.29) is 0 Å². The summed E-state index contributed by atoms with van der Waals surface area (Å²) < 4.78 is 5.31. The highest BCUT2D eigenvalue weighted by Crippen LogP contribution is 2.22. The first-order valence-corrected chi connectivity index (χ1v) is 24.5. The van der Waals surface area contributed by atoms with Crippen LogP contribution in [0.4, 0.5) is 0 Å². The standard InChI is InChI=1S/C38H76N2O2S4/c1-3-5-7-9-11-13-15-17-19-21-23-25-27-29-31-33-35-43-45-39-37(41)38(42)40-46-44-36-34-32-30-28-26-24-22-20-18-16-14-12-10-8-6-4-2/h3-36H2,1-2H3,(H,39,41)(H,40,42). The number of rotatable bonds is 38. The Labute approximate surface area is 303 Å². The van der Waals surface area contributed by atoms with E-state index >= 15 is 0 Å². The van der Waals surface area contributed by atoms with Crippen molar-refractivity contribution in [2.45, 2.75) is 219 Å². The van der Waals surface area contributed by atoms with Gasteiger partial charge in [-0.1, -0.05) is 228 Å². The first kappa shape index (κ1) is 46.3. The highest BCUT2D eigenvalue weighted by atomic mass is 33.1. The van der Waals surface area contributed by atoms with E-state index in [1.807, 2.05) is 0 Å². The number of nitrogens with one attached hydrogen (secondary N) is 2. The Bertz CT molecular complexity index is 576. The second-order valence-corrected chi connectivity index (χ2v) is 17.7. The lowest BCUT2D eigenvalue weighted by Crippen LogP contribution is -2.32. The molecule has 0 saturated heterocycles. The minimum absolute atomic E-state index is 0.556. The molecule has 2 N–H and O–H groups in total. The molecule has 0 bridgehead atoms. The molecule has 0 radical (unpaired) electrons. The van der Waals surface area contributed by atoms with Gasteiger partial charge in [-0.05, 0) is 12.8 Å². The first-order valence-electron chi connectivity index (χ1n) is 19.9. The summed E-state index contributed by atoms with van der Waals surface area (Å²) in [5.41, 5.74) is 0. The Morgan fingerprint density at radius 1 is 0.326 bits per heavy atom. The van der Waals surface area contributed by atoms with Crippen LogP contribution in [0, 0.1) is 0 Å². The van der Waals surface area contributed by atoms with Crippen LogP contribution in [0.2, 0.25) is 0 Å². The largest absolute Gasteiger partial charge is 0.320 e. The van der Waals surface area contributed by atoms with E-state index < -0.39 is 11.8 Å². The van der Waals surface area contributed by atoms with E-state index in [0.29, 0.717) is 0 Å². The Balaban J connectivity index is 3.25. The Kier molecular flexibility index (Phi) is 41.8. The van der Waals surface area contributed by atoms with Gasteiger partial charge in [-0.15, -0.1) is 0 Å². The number of amides is 2. The van der Waals surface area contributed by atoms with E-state index in [9.17, 15) is 9.59 Å². The topological polar surface area (TPSA) is 58.2 Å². The molecule has 8 heteroatoms. The lowest BCUT2D eigenvalue weighted by atomic mass is 10.0. The normalized spacial score (nSPS) is 11.3. The molecule has 0 saturated carbocycles. The Morgan fingerprint density at radius 3 is 0.739 bits per heavy atom. The van der Waals surface area contributed by atoms with Crippen LogP contribution in [0.1, 0.15) is 219 Å². The number of hydrogen-bond donors (Lipinski definition) is 2. The van der Waals surface area contributed by atoms with Crippen LogP contribution in [0.3, 0.4) is 0 Å². The second kappa shape index (κ2) is 41.5. The average molecular weight is 721 g/mol. The van der Waals surface area contributed by atoms with Crippen LogP contribution >= 0.6 is 43.5 Å². The zero-order chi connectivity index (χ0) is 33.4. The third kappa shape index (κ3) is 38.8. The number of hydrogen-bond acceptors (Lipinski definition) is 6. The van der Waals surface area contributed by atoms with Crippen molar-refractivity contribution in [1.82, 2.24) is 9.44 Å². The molecule has 0 aliphatic heterocycles. The van der Waals surface area contributed by atoms with Crippen molar-refractivity contribution >= 4 is 55.4 Å². The van der Waals surface area contributed by atoms with Gasteiger partial charge in [0.2, 0.25) is 0 Å². The van der Waals surface area contributed by atoms with E-state index in [1.54, 1.807) is 21.6 Å². The smallest absolute Gasteiger partial charge is 0.283 e. The molecule has 0 spiro atoms. The van der Waals surface area contributed by atoms with Crippen LogP contribution in [0.15, 0.2) is 0 Å². The molecule has 274 valence electrons. The molecule has 0 aromatic rings. The van der Waals surface area contributed by atoms with Gasteiger partial charge in [0.05, 0.1) is 0 Å². The summed E-state index contributed by atoms with van der Waals surface area (Å²) in [6.07, 6.45) is 44.1. The third-order valence-corrected chi connectivity index (χ3v) is 12.6. The molecule has 4 nitrogen and oxygen atoms in total. The molecule has 2 amide bonds. The van der Waals surface area contributed by atoms with Crippen LogP contribution in [0.5, 0.6) is 0 Å². The zero-order valence-electron chi connectivity index (χ0n) is 30.5. The van der Waals surface area contributed by atoms with Crippen LogP contribution in [-0.4, -0.2) is 23.3 Å². The van der Waals surface area contributed by atoms with Crippen molar-refractivity contribution in [1.29, 1.82) is 0 Å². The van der Waals surface area contributed by atoms with E-state index in [0.717, 1.165) is 11.5 Å². The molecule has 0 aliphatic rings. The monoisotopic (exact) mass is 720 g/mol. The van der Waals surface area contributed by atoms with E-state index in [1.165, 1.54) is 227 Å². The maximum Gasteiger partial charge on any atom is 0.320 e. The zero-order valence-corrected chi connectivity index (χ0v) is 33.8. The molecule has 0 fully saturated rings. The molecule has 0 aliphatic carbocycles. The third-order valence-electron chi connectivity index (χ3n) is 8.76. The molecular weight excluding hydrogens is 645 g/mol. The van der Waals surface area contributed by atoms with Crippen molar-refractivity contribution in [3.63, 3.8) is 0 Å². The molecule has 0 atom stereocenters. The van der Waals surface area contributed by atoms with Gasteiger partial charge in [-0.3, -0.25) is 19.0 Å². The number of unbranched alkanes of at least 4 members (excludes halogenated alkanes) is 30. The molecule has 0 aromatic carbocycles. The van der Waals surface area contributed by atoms with Crippen LogP contribution in [-0.2, 0) is 9.59 Å². The lowest BCUT2D eigenvalue weighted by molar-refractivity contribution is -0.136. The average Bonchev–Trinajstić information content (AvgIpc) is 3.06. The first-order chi connectivity index (χ1) is 22.7. The fourth-order valence-electron chi connectivity index (χ4n) is 5.73. The van der Waals surface area contributed by atoms with Gasteiger partial charge in [-0.2, -0.15) is 0 Å². The van der Waals surface area contributed by atoms with Gasteiger partial charge >= 0.3 is 11.8 Å². The maximum absolute atomic E-state index is 12.0. The molecular formula is C38H76N2O2S4. The van der Waals surface area contributed by atoms with Crippen molar-refractivity contribution in [2.24, 2.45) is 0 Å². The van der Waals surface area contributed by atoms with Crippen molar-refractivity contribution in [3.05, 3.63) is 0 Å². The fourth-order valence-corrected chi connectivity index (χ4v) is 9.01. The number of carbonyl (C=O) groups excluding carboxylic acids is 2. The van der Waals surface area contributed by atoms with E-state index in [4.69, 9.17) is 0 Å². The summed E-state index contributed by atoms with van der Waals surface area (Å²) in [7, 11) is 5.83. The summed E-state index contributed by atoms with van der Waals surface area (Å²) in [6.45, 7) is 4.57. The van der Waals surface area contributed by atoms with Gasteiger partial charge in [0.1, 0.15) is 0 Å². The van der Waals surface area contributed by atoms with Crippen molar-refractivity contribution in [2.75, 3.05) is 11.5 Å². The quantitative estimate of drug-likeness (QED) is 0.0287. The van der Waals surface area contributed by atoms with Gasteiger partial charge in [-0.25, -0.2) is 0 Å². The van der Waals surface area contributed by atoms with Crippen LogP contribution < -0.4 is 9.44 Å². The summed E-state index contributed by atoms with van der Waals surface area (Å²) in [5, 5.41) is 0. The Morgan fingerprint density at radius 2 is 0.522 bits per heavy atom. The predicted octanol–water partition coefficient (Wildman–Crippen LogP) is 14.3. The predicted molar refractivity (Wildman–Crippen MR) is 215 cm³/mol. The van der Waals surface area contributed by atoms with Gasteiger partial charge in [0.15, 0.2) is 0 Å². The molecule has 46 heavy (non-hydrogen) atoms. The van der Waals surface area contributed by atoms with Gasteiger partial charge in [0.25, 0.3) is 0 Å². The lowest BCUT2D eigenvalue weighted by Gasteiger charge is -2.05. The second-order valence-electron chi connectivity index (χ2n) is 13.3. The minimum atomic E-state index is -0.556. The minimum Gasteiger partial charge on any atom is -0.283 e. The molecule has 0 aromatic heterocycles. The van der Waals surface area contributed by atoms with Crippen molar-refractivity contribution in [3.8, 4) is 0 Å². The fraction of sp³-hybridized carbons (Fsp3) is 0.947. The summed E-state index contributed by atoms with van der Waals surface area (Å²) in [6, 6.07) is 0. The SMILES string of the molecule is CCCCCCCCCCCCCCCCCCSSNC(=O)C(=O)NSSCCCCCCCCCCCCCCCCCC. The van der Waals surface area contributed by atoms with Gasteiger partial charge in [0, 0.05) is 33.5 Å². The highest BCUT2D eigenvalue weighted by molar-refractivity contribution is 8.76. The van der Waals surface area contributed by atoms with Gasteiger partial charge < -0.3 is 0 Å². The highest BCUT2D eigenvalue weighted by Gasteiger charge is 2.13. The molecule has 0 heterocycles. The van der Waals surface area contributed by atoms with Crippen LogP contribution in [0.25, 0.3) is 0 Å². The number of carbonyl (C=O) groups is 2. The molecule has 0 unspecified atom stereocenters. The summed E-state index contributed by atoms with van der Waals surface area (Å²) >= 11 is 0. The molecule has 0 rings (SSSR count). The Hall–Kier alpha value is 0.340. The summed E-state index contributed by atoms with van der Waals surface area (Å²) in [5.74, 6) is 0.907. The summed E-state index contributed by atoms with van der Waals surface area (Å²) in [4.78, 5) is 23.9.